The molecule has 0 amide bonds. The Morgan fingerprint density at radius 2 is 2.28 bits per heavy atom. The van der Waals surface area contributed by atoms with Crippen molar-refractivity contribution >= 4 is 16.5 Å². The molecule has 5 heteroatoms. The van der Waals surface area contributed by atoms with Crippen molar-refractivity contribution in [3.63, 3.8) is 0 Å². The zero-order valence-corrected chi connectivity index (χ0v) is 11.8. The maximum atomic E-state index is 5.41. The summed E-state index contributed by atoms with van der Waals surface area (Å²) in [5.74, 6) is 0. The van der Waals surface area contributed by atoms with Crippen LogP contribution in [0.1, 0.15) is 36.4 Å². The third-order valence-electron chi connectivity index (χ3n) is 3.67. The molecule has 0 bridgehead atoms. The summed E-state index contributed by atoms with van der Waals surface area (Å²) in [6.45, 7) is 6.85. The van der Waals surface area contributed by atoms with E-state index in [4.69, 9.17) is 9.72 Å². The molecule has 1 unspecified atom stereocenters. The predicted octanol–water partition coefficient (Wildman–Crippen LogP) is 1.97. The predicted molar refractivity (Wildman–Crippen MR) is 74.5 cm³/mol. The van der Waals surface area contributed by atoms with Crippen LogP contribution in [0.4, 0.5) is 5.13 Å². The summed E-state index contributed by atoms with van der Waals surface area (Å²) in [5, 5.41) is 4.79. The van der Waals surface area contributed by atoms with Crippen LogP contribution in [0.3, 0.4) is 0 Å². The average molecular weight is 267 g/mol. The van der Waals surface area contributed by atoms with Gasteiger partial charge < -0.3 is 15.0 Å². The van der Waals surface area contributed by atoms with Crippen LogP contribution in [0.25, 0.3) is 0 Å². The molecular weight excluding hydrogens is 246 g/mol. The lowest BCUT2D eigenvalue weighted by molar-refractivity contribution is 0.122. The molecule has 3 rings (SSSR count). The highest BCUT2D eigenvalue weighted by molar-refractivity contribution is 7.15. The number of nitrogens with one attached hydrogen (secondary N) is 1. The normalized spacial score (nSPS) is 24.1. The third-order valence-corrected chi connectivity index (χ3v) is 4.94. The summed E-state index contributed by atoms with van der Waals surface area (Å²) in [5.41, 5.74) is 1.33. The minimum atomic E-state index is 0.533. The second-order valence-corrected chi connectivity index (χ2v) is 5.92. The van der Waals surface area contributed by atoms with Crippen LogP contribution in [-0.4, -0.2) is 37.8 Å². The van der Waals surface area contributed by atoms with Crippen molar-refractivity contribution < 1.29 is 4.74 Å². The Morgan fingerprint density at radius 1 is 1.44 bits per heavy atom. The fraction of sp³-hybridized carbons (Fsp3) is 0.769. The number of morpholine rings is 1. The maximum absolute atomic E-state index is 5.41. The summed E-state index contributed by atoms with van der Waals surface area (Å²) in [6, 6.07) is 0.533. The molecule has 4 nitrogen and oxygen atoms in total. The molecule has 18 heavy (non-hydrogen) atoms. The summed E-state index contributed by atoms with van der Waals surface area (Å²) in [7, 11) is 0. The van der Waals surface area contributed by atoms with Crippen molar-refractivity contribution in [3.8, 4) is 0 Å². The number of ether oxygens (including phenoxy) is 1. The number of nitrogens with zero attached hydrogens (tertiary/aromatic N) is 2. The molecule has 1 fully saturated rings. The summed E-state index contributed by atoms with van der Waals surface area (Å²) < 4.78 is 5.41. The number of aromatic nitrogens is 1. The van der Waals surface area contributed by atoms with Crippen molar-refractivity contribution in [3.05, 3.63) is 10.6 Å². The van der Waals surface area contributed by atoms with Gasteiger partial charge in [0, 0.05) is 24.0 Å². The van der Waals surface area contributed by atoms with Crippen LogP contribution >= 0.6 is 11.3 Å². The Kier molecular flexibility index (Phi) is 3.82. The fourth-order valence-corrected chi connectivity index (χ4v) is 4.01. The number of hydrogen-bond donors (Lipinski definition) is 1. The van der Waals surface area contributed by atoms with Crippen molar-refractivity contribution in [2.75, 3.05) is 37.7 Å². The first-order valence-corrected chi connectivity index (χ1v) is 7.76. The molecule has 1 aliphatic carbocycles. The summed E-state index contributed by atoms with van der Waals surface area (Å²) >= 11 is 1.89. The first-order valence-electron chi connectivity index (χ1n) is 6.94. The van der Waals surface area contributed by atoms with Gasteiger partial charge in [-0.25, -0.2) is 4.98 Å². The SMILES string of the molecule is CCNC1CCCc2nc(N3CCOCC3)sc21. The van der Waals surface area contributed by atoms with Gasteiger partial charge in [-0.1, -0.05) is 18.3 Å². The van der Waals surface area contributed by atoms with Crippen molar-refractivity contribution in [2.45, 2.75) is 32.2 Å². The van der Waals surface area contributed by atoms with E-state index in [9.17, 15) is 0 Å². The monoisotopic (exact) mass is 267 g/mol. The van der Waals surface area contributed by atoms with Gasteiger partial charge >= 0.3 is 0 Å². The van der Waals surface area contributed by atoms with Gasteiger partial charge in [-0.05, 0) is 25.8 Å². The number of thiazole rings is 1. The van der Waals surface area contributed by atoms with Crippen LogP contribution in [0, 0.1) is 0 Å². The highest BCUT2D eigenvalue weighted by Gasteiger charge is 2.26. The molecule has 100 valence electrons. The van der Waals surface area contributed by atoms with Crippen molar-refractivity contribution in [1.82, 2.24) is 10.3 Å². The van der Waals surface area contributed by atoms with E-state index in [-0.39, 0.29) is 0 Å². The van der Waals surface area contributed by atoms with E-state index in [0.717, 1.165) is 39.3 Å². The first-order chi connectivity index (χ1) is 8.88. The highest BCUT2D eigenvalue weighted by Crippen LogP contribution is 2.37. The summed E-state index contributed by atoms with van der Waals surface area (Å²) in [6.07, 6.45) is 3.67. The molecule has 1 atom stereocenters. The number of hydrogen-bond acceptors (Lipinski definition) is 5. The van der Waals surface area contributed by atoms with Crippen LogP contribution in [0.15, 0.2) is 0 Å². The molecule has 1 aromatic heterocycles. The quantitative estimate of drug-likeness (QED) is 0.908. The molecule has 0 radical (unpaired) electrons. The van der Waals surface area contributed by atoms with Crippen LogP contribution in [0.5, 0.6) is 0 Å². The van der Waals surface area contributed by atoms with Gasteiger partial charge in [0.15, 0.2) is 5.13 Å². The molecule has 1 aromatic rings. The average Bonchev–Trinajstić information content (AvgIpc) is 2.85. The molecule has 1 aliphatic heterocycles. The first kappa shape index (κ1) is 12.4. The molecule has 0 aromatic carbocycles. The number of rotatable bonds is 3. The van der Waals surface area contributed by atoms with Crippen LogP contribution < -0.4 is 10.2 Å². The number of fused-ring (bicyclic) bond motifs is 1. The largest absolute Gasteiger partial charge is 0.378 e. The zero-order valence-electron chi connectivity index (χ0n) is 10.9. The lowest BCUT2D eigenvalue weighted by Gasteiger charge is -2.26. The Bertz CT molecular complexity index is 401. The number of aryl methyl sites for hydroxylation is 1. The van der Waals surface area contributed by atoms with Crippen molar-refractivity contribution in [2.24, 2.45) is 0 Å². The molecule has 2 heterocycles. The van der Waals surface area contributed by atoms with Crippen LogP contribution in [0.2, 0.25) is 0 Å². The van der Waals surface area contributed by atoms with Crippen molar-refractivity contribution in [1.29, 1.82) is 0 Å². The molecular formula is C13H21N3OS. The Balaban J connectivity index is 1.81. The molecule has 1 saturated heterocycles. The number of anilines is 1. The van der Waals surface area contributed by atoms with E-state index in [1.165, 1.54) is 28.5 Å². The third kappa shape index (κ3) is 2.39. The molecule has 2 aliphatic rings. The van der Waals surface area contributed by atoms with E-state index < -0.39 is 0 Å². The highest BCUT2D eigenvalue weighted by atomic mass is 32.1. The second kappa shape index (κ2) is 5.55. The second-order valence-electron chi connectivity index (χ2n) is 4.91. The van der Waals surface area contributed by atoms with Gasteiger partial charge in [-0.15, -0.1) is 0 Å². The van der Waals surface area contributed by atoms with E-state index >= 15 is 0 Å². The topological polar surface area (TPSA) is 37.4 Å². The Hall–Kier alpha value is -0.650. The molecule has 0 spiro atoms. The van der Waals surface area contributed by atoms with E-state index in [2.05, 4.69) is 17.1 Å². The minimum Gasteiger partial charge on any atom is -0.378 e. The van der Waals surface area contributed by atoms with Gasteiger partial charge in [0.05, 0.1) is 18.9 Å². The lowest BCUT2D eigenvalue weighted by atomic mass is 9.98. The van der Waals surface area contributed by atoms with Gasteiger partial charge in [0.1, 0.15) is 0 Å². The Labute approximate surface area is 112 Å². The van der Waals surface area contributed by atoms with Gasteiger partial charge in [0.2, 0.25) is 0 Å². The smallest absolute Gasteiger partial charge is 0.185 e. The van der Waals surface area contributed by atoms with Gasteiger partial charge in [-0.3, -0.25) is 0 Å². The molecule has 0 saturated carbocycles. The van der Waals surface area contributed by atoms with E-state index in [0.29, 0.717) is 6.04 Å². The Morgan fingerprint density at radius 3 is 3.06 bits per heavy atom. The van der Waals surface area contributed by atoms with Crippen LogP contribution in [-0.2, 0) is 11.2 Å². The van der Waals surface area contributed by atoms with Gasteiger partial charge in [0.25, 0.3) is 0 Å². The zero-order chi connectivity index (χ0) is 12.4. The van der Waals surface area contributed by atoms with E-state index in [1.807, 2.05) is 11.3 Å². The summed E-state index contributed by atoms with van der Waals surface area (Å²) in [4.78, 5) is 8.70. The molecule has 1 N–H and O–H groups in total. The van der Waals surface area contributed by atoms with E-state index in [1.54, 1.807) is 0 Å². The standard InChI is InChI=1S/C13H21N3OS/c1-2-14-10-4-3-5-11-12(10)18-13(15-11)16-6-8-17-9-7-16/h10,14H,2-9H2,1H3. The maximum Gasteiger partial charge on any atom is 0.185 e. The lowest BCUT2D eigenvalue weighted by Crippen LogP contribution is -2.36. The fourth-order valence-electron chi connectivity index (χ4n) is 2.74. The van der Waals surface area contributed by atoms with Gasteiger partial charge in [-0.2, -0.15) is 0 Å². The minimum absolute atomic E-state index is 0.533.